The zero-order valence-corrected chi connectivity index (χ0v) is 11.4. The number of carbonyl (C=O) groups is 1. The fourth-order valence-corrected chi connectivity index (χ4v) is 2.59. The van der Waals surface area contributed by atoms with Gasteiger partial charge in [0.15, 0.2) is 0 Å². The molecule has 0 bridgehead atoms. The van der Waals surface area contributed by atoms with E-state index in [0.29, 0.717) is 5.82 Å². The van der Waals surface area contributed by atoms with Gasteiger partial charge in [0, 0.05) is 11.9 Å². The third-order valence-corrected chi connectivity index (χ3v) is 3.87. The van der Waals surface area contributed by atoms with E-state index >= 15 is 0 Å². The molecule has 0 radical (unpaired) electrons. The second-order valence-electron chi connectivity index (χ2n) is 4.32. The first-order chi connectivity index (χ1) is 8.79. The molecule has 18 heavy (non-hydrogen) atoms. The largest absolute Gasteiger partial charge is 0.309 e. The third-order valence-electron chi connectivity index (χ3n) is 2.93. The van der Waals surface area contributed by atoms with Gasteiger partial charge in [0.2, 0.25) is 5.91 Å². The Morgan fingerprint density at radius 2 is 2.56 bits per heavy atom. The Morgan fingerprint density at radius 3 is 3.28 bits per heavy atom. The van der Waals surface area contributed by atoms with Crippen molar-refractivity contribution < 1.29 is 4.79 Å². The van der Waals surface area contributed by atoms with E-state index in [4.69, 9.17) is 0 Å². The Morgan fingerprint density at radius 1 is 1.67 bits per heavy atom. The summed E-state index contributed by atoms with van der Waals surface area (Å²) in [5, 5.41) is 6.06. The van der Waals surface area contributed by atoms with Gasteiger partial charge in [0.05, 0.1) is 6.04 Å². The highest BCUT2D eigenvalue weighted by Crippen LogP contribution is 2.15. The standard InChI is InChI=1S/C13H19N3OS/c1-2-18-9-10-5-7-15-12(8-10)16-13(17)11-4-3-6-14-11/h5,7-8,11,14H,2-4,6,9H2,1H3,(H,15,16,17). The highest BCUT2D eigenvalue weighted by atomic mass is 32.2. The topological polar surface area (TPSA) is 54.0 Å². The lowest BCUT2D eigenvalue weighted by molar-refractivity contribution is -0.117. The molecule has 2 rings (SSSR count). The van der Waals surface area contributed by atoms with Gasteiger partial charge in [0.1, 0.15) is 5.82 Å². The van der Waals surface area contributed by atoms with Crippen LogP contribution in [0.4, 0.5) is 5.82 Å². The lowest BCUT2D eigenvalue weighted by atomic mass is 10.2. The van der Waals surface area contributed by atoms with Crippen LogP contribution in [0.25, 0.3) is 0 Å². The maximum Gasteiger partial charge on any atom is 0.242 e. The molecule has 1 aliphatic heterocycles. The van der Waals surface area contributed by atoms with E-state index < -0.39 is 0 Å². The van der Waals surface area contributed by atoms with Gasteiger partial charge in [-0.2, -0.15) is 11.8 Å². The van der Waals surface area contributed by atoms with Crippen LogP contribution in [-0.2, 0) is 10.5 Å². The molecule has 1 aromatic heterocycles. The van der Waals surface area contributed by atoms with Crippen molar-refractivity contribution in [3.63, 3.8) is 0 Å². The molecule has 1 unspecified atom stereocenters. The molecule has 2 heterocycles. The Labute approximate surface area is 112 Å². The van der Waals surface area contributed by atoms with Gasteiger partial charge in [-0.15, -0.1) is 0 Å². The maximum atomic E-state index is 11.9. The minimum Gasteiger partial charge on any atom is -0.309 e. The van der Waals surface area contributed by atoms with Gasteiger partial charge in [-0.3, -0.25) is 4.79 Å². The lowest BCUT2D eigenvalue weighted by Crippen LogP contribution is -2.35. The molecule has 98 valence electrons. The minimum absolute atomic E-state index is 0.0281. The van der Waals surface area contributed by atoms with Crippen LogP contribution in [0, 0.1) is 0 Å². The summed E-state index contributed by atoms with van der Waals surface area (Å²) in [6, 6.07) is 3.89. The Bertz CT molecular complexity index is 405. The van der Waals surface area contributed by atoms with Crippen LogP contribution in [0.3, 0.4) is 0 Å². The lowest BCUT2D eigenvalue weighted by Gasteiger charge is -2.11. The first-order valence-corrected chi connectivity index (χ1v) is 7.52. The molecule has 2 N–H and O–H groups in total. The van der Waals surface area contributed by atoms with Gasteiger partial charge in [-0.1, -0.05) is 6.92 Å². The number of hydrogen-bond donors (Lipinski definition) is 2. The second-order valence-corrected chi connectivity index (χ2v) is 5.60. The SMILES string of the molecule is CCSCc1ccnc(NC(=O)C2CCCN2)c1. The number of aromatic nitrogens is 1. The highest BCUT2D eigenvalue weighted by Gasteiger charge is 2.22. The van der Waals surface area contributed by atoms with E-state index in [9.17, 15) is 4.79 Å². The summed E-state index contributed by atoms with van der Waals surface area (Å²) in [6.07, 6.45) is 3.74. The molecule has 0 aromatic carbocycles. The molecule has 5 heteroatoms. The number of nitrogens with zero attached hydrogens (tertiary/aromatic N) is 1. The zero-order valence-electron chi connectivity index (χ0n) is 10.6. The van der Waals surface area contributed by atoms with Gasteiger partial charge >= 0.3 is 0 Å². The van der Waals surface area contributed by atoms with Gasteiger partial charge < -0.3 is 10.6 Å². The van der Waals surface area contributed by atoms with Crippen molar-refractivity contribution in [3.05, 3.63) is 23.9 Å². The summed E-state index contributed by atoms with van der Waals surface area (Å²) in [4.78, 5) is 16.1. The van der Waals surface area contributed by atoms with Crippen molar-refractivity contribution in [1.29, 1.82) is 0 Å². The van der Waals surface area contributed by atoms with Crippen LogP contribution in [0.2, 0.25) is 0 Å². The Balaban J connectivity index is 1.93. The summed E-state index contributed by atoms with van der Waals surface area (Å²) in [5.41, 5.74) is 1.20. The minimum atomic E-state index is -0.0551. The van der Waals surface area contributed by atoms with E-state index in [1.54, 1.807) is 6.20 Å². The molecule has 1 atom stereocenters. The van der Waals surface area contributed by atoms with E-state index in [2.05, 4.69) is 22.5 Å². The summed E-state index contributed by atoms with van der Waals surface area (Å²) >= 11 is 1.86. The number of pyridine rings is 1. The van der Waals surface area contributed by atoms with E-state index in [1.807, 2.05) is 23.9 Å². The highest BCUT2D eigenvalue weighted by molar-refractivity contribution is 7.98. The fourth-order valence-electron chi connectivity index (χ4n) is 1.97. The van der Waals surface area contributed by atoms with Crippen molar-refractivity contribution in [3.8, 4) is 0 Å². The summed E-state index contributed by atoms with van der Waals surface area (Å²) in [7, 11) is 0. The van der Waals surface area contributed by atoms with E-state index in [0.717, 1.165) is 30.9 Å². The predicted molar refractivity (Wildman–Crippen MR) is 75.7 cm³/mol. The number of hydrogen-bond acceptors (Lipinski definition) is 4. The van der Waals surface area contributed by atoms with Gasteiger partial charge in [-0.05, 0) is 42.8 Å². The van der Waals surface area contributed by atoms with Crippen molar-refractivity contribution in [2.45, 2.75) is 31.6 Å². The fraction of sp³-hybridized carbons (Fsp3) is 0.538. The normalized spacial score (nSPS) is 18.8. The van der Waals surface area contributed by atoms with Crippen LogP contribution in [-0.4, -0.2) is 29.2 Å². The number of thioether (sulfide) groups is 1. The average molecular weight is 265 g/mol. The van der Waals surface area contributed by atoms with Gasteiger partial charge in [0.25, 0.3) is 0 Å². The molecule has 1 saturated heterocycles. The molecule has 0 spiro atoms. The van der Waals surface area contributed by atoms with Crippen molar-refractivity contribution in [1.82, 2.24) is 10.3 Å². The second kappa shape index (κ2) is 6.75. The third kappa shape index (κ3) is 3.71. The number of amides is 1. The molecular weight excluding hydrogens is 246 g/mol. The monoisotopic (exact) mass is 265 g/mol. The van der Waals surface area contributed by atoms with Crippen LogP contribution in [0.15, 0.2) is 18.3 Å². The van der Waals surface area contributed by atoms with Crippen molar-refractivity contribution in [2.75, 3.05) is 17.6 Å². The molecule has 0 saturated carbocycles. The smallest absolute Gasteiger partial charge is 0.242 e. The molecule has 1 aromatic rings. The van der Waals surface area contributed by atoms with Crippen LogP contribution < -0.4 is 10.6 Å². The van der Waals surface area contributed by atoms with Crippen molar-refractivity contribution in [2.24, 2.45) is 0 Å². The van der Waals surface area contributed by atoms with Crippen molar-refractivity contribution >= 4 is 23.5 Å². The Hall–Kier alpha value is -1.07. The van der Waals surface area contributed by atoms with Crippen LogP contribution >= 0.6 is 11.8 Å². The number of rotatable bonds is 5. The Kier molecular flexibility index (Phi) is 5.01. The van der Waals surface area contributed by atoms with E-state index in [-0.39, 0.29) is 11.9 Å². The summed E-state index contributed by atoms with van der Waals surface area (Å²) in [5.74, 6) is 2.74. The predicted octanol–water partition coefficient (Wildman–Crippen LogP) is 2.03. The number of anilines is 1. The van der Waals surface area contributed by atoms with E-state index in [1.165, 1.54) is 5.56 Å². The molecule has 0 aliphatic carbocycles. The first kappa shape index (κ1) is 13.4. The average Bonchev–Trinajstić information content (AvgIpc) is 2.91. The van der Waals surface area contributed by atoms with Crippen LogP contribution in [0.1, 0.15) is 25.3 Å². The maximum absolute atomic E-state index is 11.9. The molecular formula is C13H19N3OS. The first-order valence-electron chi connectivity index (χ1n) is 6.36. The molecule has 4 nitrogen and oxygen atoms in total. The molecule has 1 amide bonds. The molecule has 1 aliphatic rings. The summed E-state index contributed by atoms with van der Waals surface area (Å²) in [6.45, 7) is 3.07. The zero-order chi connectivity index (χ0) is 12.8. The molecule has 1 fully saturated rings. The van der Waals surface area contributed by atoms with Gasteiger partial charge in [-0.25, -0.2) is 4.98 Å². The van der Waals surface area contributed by atoms with Crippen LogP contribution in [0.5, 0.6) is 0 Å². The number of nitrogens with one attached hydrogen (secondary N) is 2. The number of carbonyl (C=O) groups excluding carboxylic acids is 1. The summed E-state index contributed by atoms with van der Waals surface area (Å²) < 4.78 is 0. The quantitative estimate of drug-likeness (QED) is 0.855.